The van der Waals surface area contributed by atoms with Gasteiger partial charge in [0.15, 0.2) is 11.6 Å². The largest absolute Gasteiger partial charge is 0.505 e. The first-order valence-corrected chi connectivity index (χ1v) is 8.38. The smallest absolute Gasteiger partial charge is 0.419 e. The van der Waals surface area contributed by atoms with Crippen LogP contribution < -0.4 is 10.2 Å². The number of H-pyrrole nitrogens is 1. The molecule has 0 bridgehead atoms. The Bertz CT molecular complexity index is 993. The number of aromatic nitrogens is 2. The van der Waals surface area contributed by atoms with Crippen LogP contribution in [0.3, 0.4) is 0 Å². The van der Waals surface area contributed by atoms with Crippen LogP contribution in [0.15, 0.2) is 30.3 Å². The van der Waals surface area contributed by atoms with E-state index in [0.717, 1.165) is 37.9 Å². The van der Waals surface area contributed by atoms with Crippen LogP contribution >= 0.6 is 0 Å². The quantitative estimate of drug-likeness (QED) is 0.596. The number of nitrogens with zero attached hydrogens (tertiary/aromatic N) is 2. The van der Waals surface area contributed by atoms with Gasteiger partial charge in [-0.2, -0.15) is 18.3 Å². The summed E-state index contributed by atoms with van der Waals surface area (Å²) in [7, 11) is 0. The van der Waals surface area contributed by atoms with Crippen molar-refractivity contribution in [3.05, 3.63) is 41.7 Å². The van der Waals surface area contributed by atoms with Gasteiger partial charge in [-0.05, 0) is 30.3 Å². The van der Waals surface area contributed by atoms with Gasteiger partial charge in [0.2, 0.25) is 0 Å². The zero-order chi connectivity index (χ0) is 19.2. The SMILES string of the molecule is Oc1cc(-c2n[nH]c3cc(N4CCNCC4)ccc23)cc(C(F)(F)F)c1F. The van der Waals surface area contributed by atoms with Crippen LogP contribution in [0.5, 0.6) is 5.75 Å². The minimum Gasteiger partial charge on any atom is -0.505 e. The number of halogens is 4. The Hall–Kier alpha value is -2.81. The van der Waals surface area contributed by atoms with Crippen molar-refractivity contribution in [2.45, 2.75) is 6.18 Å². The Morgan fingerprint density at radius 2 is 1.81 bits per heavy atom. The molecule has 0 aliphatic carbocycles. The number of aromatic amines is 1. The van der Waals surface area contributed by atoms with Gasteiger partial charge < -0.3 is 15.3 Å². The van der Waals surface area contributed by atoms with Gasteiger partial charge in [-0.3, -0.25) is 5.10 Å². The monoisotopic (exact) mass is 380 g/mol. The number of fused-ring (bicyclic) bond motifs is 1. The Labute approximate surface area is 151 Å². The molecule has 1 aliphatic rings. The lowest BCUT2D eigenvalue weighted by atomic mass is 10.0. The van der Waals surface area contributed by atoms with Crippen LogP contribution in [0.25, 0.3) is 22.2 Å². The first-order chi connectivity index (χ1) is 12.8. The summed E-state index contributed by atoms with van der Waals surface area (Å²) in [5, 5.41) is 20.4. The molecule has 0 amide bonds. The zero-order valence-corrected chi connectivity index (χ0v) is 14.1. The number of aromatic hydroxyl groups is 1. The van der Waals surface area contributed by atoms with Crippen LogP contribution in [0.4, 0.5) is 23.2 Å². The molecule has 3 aromatic rings. The van der Waals surface area contributed by atoms with E-state index in [4.69, 9.17) is 0 Å². The molecule has 9 heteroatoms. The van der Waals surface area contributed by atoms with E-state index < -0.39 is 23.3 Å². The molecule has 0 unspecified atom stereocenters. The summed E-state index contributed by atoms with van der Waals surface area (Å²) >= 11 is 0. The Balaban J connectivity index is 1.77. The molecule has 5 nitrogen and oxygen atoms in total. The summed E-state index contributed by atoms with van der Waals surface area (Å²) in [6.07, 6.45) is -4.92. The molecule has 142 valence electrons. The maximum atomic E-state index is 13.7. The number of nitrogens with one attached hydrogen (secondary N) is 2. The molecule has 1 aliphatic heterocycles. The predicted molar refractivity (Wildman–Crippen MR) is 93.2 cm³/mol. The molecular formula is C18H16F4N4O. The van der Waals surface area contributed by atoms with Gasteiger partial charge in [0.1, 0.15) is 5.69 Å². The van der Waals surface area contributed by atoms with Crippen molar-refractivity contribution in [2.24, 2.45) is 0 Å². The molecule has 0 saturated carbocycles. The Morgan fingerprint density at radius 3 is 2.52 bits per heavy atom. The maximum Gasteiger partial charge on any atom is 0.419 e. The van der Waals surface area contributed by atoms with Crippen molar-refractivity contribution in [1.29, 1.82) is 0 Å². The molecule has 4 rings (SSSR count). The molecule has 2 aromatic carbocycles. The summed E-state index contributed by atoms with van der Waals surface area (Å²) in [4.78, 5) is 2.20. The minimum absolute atomic E-state index is 0.0117. The number of alkyl halides is 3. The standard InChI is InChI=1S/C18H16F4N4O/c19-16-13(18(20,21)22)7-10(8-15(16)27)17-12-2-1-11(9-14(12)24-25-17)26-5-3-23-4-6-26/h1-2,7-9,23,27H,3-6H2,(H,24,25). The Morgan fingerprint density at radius 1 is 1.07 bits per heavy atom. The van der Waals surface area contributed by atoms with E-state index in [1.807, 2.05) is 12.1 Å². The number of phenolic OH excluding ortho intramolecular Hbond substituents is 1. The number of hydrogen-bond donors (Lipinski definition) is 3. The number of hydrogen-bond acceptors (Lipinski definition) is 4. The van der Waals surface area contributed by atoms with E-state index in [2.05, 4.69) is 20.4 Å². The van der Waals surface area contributed by atoms with Gasteiger partial charge in [-0.1, -0.05) is 0 Å². The van der Waals surface area contributed by atoms with Crippen LogP contribution in [-0.2, 0) is 6.18 Å². The molecule has 1 saturated heterocycles. The third kappa shape index (κ3) is 3.18. The van der Waals surface area contributed by atoms with Crippen molar-refractivity contribution in [3.63, 3.8) is 0 Å². The van der Waals surface area contributed by atoms with Crippen LogP contribution in [0.1, 0.15) is 5.56 Å². The van der Waals surface area contributed by atoms with Crippen molar-refractivity contribution < 1.29 is 22.7 Å². The fraction of sp³-hybridized carbons (Fsp3) is 0.278. The highest BCUT2D eigenvalue weighted by atomic mass is 19.4. The van der Waals surface area contributed by atoms with Gasteiger partial charge in [0.25, 0.3) is 0 Å². The molecule has 0 atom stereocenters. The first-order valence-electron chi connectivity index (χ1n) is 8.38. The number of rotatable bonds is 2. The van der Waals surface area contributed by atoms with E-state index in [1.165, 1.54) is 0 Å². The average molecular weight is 380 g/mol. The average Bonchev–Trinajstić information content (AvgIpc) is 3.07. The molecule has 0 spiro atoms. The van der Waals surface area contributed by atoms with Crippen LogP contribution in [-0.4, -0.2) is 41.5 Å². The van der Waals surface area contributed by atoms with Crippen LogP contribution in [0.2, 0.25) is 0 Å². The molecule has 2 heterocycles. The predicted octanol–water partition coefficient (Wildman–Crippen LogP) is 3.50. The fourth-order valence-corrected chi connectivity index (χ4v) is 3.30. The molecule has 1 aromatic heterocycles. The van der Waals surface area contributed by atoms with Crippen molar-refractivity contribution in [3.8, 4) is 17.0 Å². The molecular weight excluding hydrogens is 364 g/mol. The maximum absolute atomic E-state index is 13.7. The summed E-state index contributed by atoms with van der Waals surface area (Å²) in [5.74, 6) is -2.75. The highest BCUT2D eigenvalue weighted by Crippen LogP contribution is 2.39. The lowest BCUT2D eigenvalue weighted by Gasteiger charge is -2.29. The molecule has 1 fully saturated rings. The third-order valence-corrected chi connectivity index (χ3v) is 4.66. The van der Waals surface area contributed by atoms with E-state index in [1.54, 1.807) is 6.07 Å². The lowest BCUT2D eigenvalue weighted by Crippen LogP contribution is -2.43. The zero-order valence-electron chi connectivity index (χ0n) is 14.1. The van der Waals surface area contributed by atoms with Crippen molar-refractivity contribution >= 4 is 16.6 Å². The van der Waals surface area contributed by atoms with Gasteiger partial charge in [0, 0.05) is 42.8 Å². The van der Waals surface area contributed by atoms with E-state index >= 15 is 0 Å². The van der Waals surface area contributed by atoms with Gasteiger partial charge in [-0.25, -0.2) is 4.39 Å². The van der Waals surface area contributed by atoms with Crippen molar-refractivity contribution in [1.82, 2.24) is 15.5 Å². The van der Waals surface area contributed by atoms with Gasteiger partial charge >= 0.3 is 6.18 Å². The molecule has 3 N–H and O–H groups in total. The van der Waals surface area contributed by atoms with Gasteiger partial charge in [0.05, 0.1) is 11.1 Å². The summed E-state index contributed by atoms with van der Waals surface area (Å²) in [6, 6.07) is 7.13. The Kier molecular flexibility index (Phi) is 4.18. The highest BCUT2D eigenvalue weighted by molar-refractivity contribution is 5.95. The second kappa shape index (κ2) is 6.41. The first kappa shape index (κ1) is 17.6. The summed E-state index contributed by atoms with van der Waals surface area (Å²) in [5.41, 5.74) is 0.321. The van der Waals surface area contributed by atoms with Crippen molar-refractivity contribution in [2.75, 3.05) is 31.1 Å². The summed E-state index contributed by atoms with van der Waals surface area (Å²) in [6.45, 7) is 3.46. The number of piperazine rings is 1. The third-order valence-electron chi connectivity index (χ3n) is 4.66. The highest BCUT2D eigenvalue weighted by Gasteiger charge is 2.36. The number of phenols is 1. The molecule has 0 radical (unpaired) electrons. The fourth-order valence-electron chi connectivity index (χ4n) is 3.30. The van der Waals surface area contributed by atoms with E-state index in [9.17, 15) is 22.7 Å². The topological polar surface area (TPSA) is 64.2 Å². The number of anilines is 1. The summed E-state index contributed by atoms with van der Waals surface area (Å²) < 4.78 is 52.8. The van der Waals surface area contributed by atoms with Crippen LogP contribution in [0, 0.1) is 5.82 Å². The lowest BCUT2D eigenvalue weighted by molar-refractivity contribution is -0.140. The van der Waals surface area contributed by atoms with E-state index in [-0.39, 0.29) is 11.3 Å². The molecule has 27 heavy (non-hydrogen) atoms. The number of benzene rings is 2. The second-order valence-corrected chi connectivity index (χ2v) is 6.39. The normalized spacial score (nSPS) is 15.5. The second-order valence-electron chi connectivity index (χ2n) is 6.39. The van der Waals surface area contributed by atoms with E-state index in [0.29, 0.717) is 17.0 Å². The minimum atomic E-state index is -4.92. The van der Waals surface area contributed by atoms with Gasteiger partial charge in [-0.15, -0.1) is 0 Å².